The van der Waals surface area contributed by atoms with Crippen LogP contribution in [0.25, 0.3) is 0 Å². The monoisotopic (exact) mass is 404 g/mol. The molecule has 104 valence electrons. The number of aliphatic imine (C=N–C) groups is 1. The fourth-order valence-corrected chi connectivity index (χ4v) is 4.04. The van der Waals surface area contributed by atoms with Crippen LogP contribution in [0.15, 0.2) is 32.1 Å². The van der Waals surface area contributed by atoms with Crippen LogP contribution >= 0.6 is 43.6 Å². The normalized spacial score (nSPS) is 20.1. The van der Waals surface area contributed by atoms with Crippen LogP contribution in [-0.2, 0) is 0 Å². The maximum Gasteiger partial charge on any atom is 0.161 e. The van der Waals surface area contributed by atoms with Gasteiger partial charge in [-0.2, -0.15) is 0 Å². The molecular formula is C14H18Br2N2S. The molecule has 19 heavy (non-hydrogen) atoms. The molecule has 5 heteroatoms. The third-order valence-electron chi connectivity index (χ3n) is 3.10. The summed E-state index contributed by atoms with van der Waals surface area (Å²) in [5, 5.41) is 4.45. The van der Waals surface area contributed by atoms with Crippen molar-refractivity contribution in [3.63, 3.8) is 0 Å². The van der Waals surface area contributed by atoms with Gasteiger partial charge < -0.3 is 5.32 Å². The highest BCUT2D eigenvalue weighted by Crippen LogP contribution is 2.34. The summed E-state index contributed by atoms with van der Waals surface area (Å²) in [6, 6.07) is 6.45. The van der Waals surface area contributed by atoms with E-state index in [0.29, 0.717) is 6.04 Å². The number of nitrogens with zero attached hydrogens (tertiary/aromatic N) is 1. The first kappa shape index (κ1) is 15.4. The molecule has 0 aliphatic carbocycles. The second kappa shape index (κ2) is 6.19. The Hall–Kier alpha value is -0.000000000000000111. The lowest BCUT2D eigenvalue weighted by Gasteiger charge is -2.31. The van der Waals surface area contributed by atoms with Gasteiger partial charge in [-0.25, -0.2) is 0 Å². The van der Waals surface area contributed by atoms with Crippen LogP contribution < -0.4 is 5.32 Å². The van der Waals surface area contributed by atoms with E-state index in [-0.39, 0.29) is 5.41 Å². The molecule has 0 saturated carbocycles. The van der Waals surface area contributed by atoms with Crippen molar-refractivity contribution in [2.24, 2.45) is 10.4 Å². The molecule has 0 radical (unpaired) electrons. The smallest absolute Gasteiger partial charge is 0.161 e. The SMILES string of the molecule is CC(C)(C)C1CCSC(Nc2c(Br)cccc2Br)=N1. The van der Waals surface area contributed by atoms with E-state index in [1.807, 2.05) is 18.2 Å². The Morgan fingerprint density at radius 1 is 1.26 bits per heavy atom. The van der Waals surface area contributed by atoms with E-state index >= 15 is 0 Å². The van der Waals surface area contributed by atoms with E-state index in [4.69, 9.17) is 4.99 Å². The number of rotatable bonds is 1. The van der Waals surface area contributed by atoms with Gasteiger partial charge in [0, 0.05) is 14.7 Å². The van der Waals surface area contributed by atoms with E-state index in [1.165, 1.54) is 0 Å². The van der Waals surface area contributed by atoms with Gasteiger partial charge >= 0.3 is 0 Å². The minimum Gasteiger partial charge on any atom is -0.333 e. The Labute approximate surface area is 136 Å². The minimum atomic E-state index is 0.221. The van der Waals surface area contributed by atoms with Crippen molar-refractivity contribution in [1.29, 1.82) is 0 Å². The molecule has 0 spiro atoms. The first-order chi connectivity index (χ1) is 8.88. The van der Waals surface area contributed by atoms with Crippen molar-refractivity contribution in [1.82, 2.24) is 0 Å². The summed E-state index contributed by atoms with van der Waals surface area (Å²) >= 11 is 8.94. The van der Waals surface area contributed by atoms with Gasteiger partial charge in [-0.15, -0.1) is 0 Å². The van der Waals surface area contributed by atoms with Crippen LogP contribution in [-0.4, -0.2) is 17.0 Å². The number of para-hydroxylation sites is 1. The Balaban J connectivity index is 2.21. The molecule has 0 saturated heterocycles. The van der Waals surface area contributed by atoms with Gasteiger partial charge in [0.05, 0.1) is 11.7 Å². The second-order valence-electron chi connectivity index (χ2n) is 5.67. The molecule has 1 aliphatic rings. The summed E-state index contributed by atoms with van der Waals surface area (Å²) in [6.45, 7) is 6.76. The first-order valence-corrected chi connectivity index (χ1v) is 8.87. The van der Waals surface area contributed by atoms with E-state index in [9.17, 15) is 0 Å². The van der Waals surface area contributed by atoms with Gasteiger partial charge in [0.1, 0.15) is 0 Å². The average Bonchev–Trinajstić information content (AvgIpc) is 2.33. The summed E-state index contributed by atoms with van der Waals surface area (Å²) in [7, 11) is 0. The highest BCUT2D eigenvalue weighted by atomic mass is 79.9. The van der Waals surface area contributed by atoms with E-state index < -0.39 is 0 Å². The van der Waals surface area contributed by atoms with Gasteiger partial charge in [-0.3, -0.25) is 4.99 Å². The minimum absolute atomic E-state index is 0.221. The van der Waals surface area contributed by atoms with Crippen molar-refractivity contribution in [2.45, 2.75) is 33.2 Å². The zero-order valence-electron chi connectivity index (χ0n) is 11.3. The van der Waals surface area contributed by atoms with Gasteiger partial charge in [-0.1, -0.05) is 38.6 Å². The largest absolute Gasteiger partial charge is 0.333 e. The van der Waals surface area contributed by atoms with E-state index in [0.717, 1.165) is 32.0 Å². The molecule has 2 nitrogen and oxygen atoms in total. The molecule has 1 atom stereocenters. The highest BCUT2D eigenvalue weighted by Gasteiger charge is 2.27. The zero-order chi connectivity index (χ0) is 14.0. The molecule has 2 rings (SSSR count). The molecule has 1 aliphatic heterocycles. The van der Waals surface area contributed by atoms with Gasteiger partial charge in [-0.05, 0) is 55.8 Å². The standard InChI is InChI=1S/C14H18Br2N2S/c1-14(2,3)11-7-8-19-13(17-11)18-12-9(15)5-4-6-10(12)16/h4-6,11H,7-8H2,1-3H3,(H,17,18). The third kappa shape index (κ3) is 3.99. The molecule has 0 bridgehead atoms. The third-order valence-corrected chi connectivity index (χ3v) is 5.34. The lowest BCUT2D eigenvalue weighted by Crippen LogP contribution is -2.30. The Bertz CT molecular complexity index is 474. The quantitative estimate of drug-likeness (QED) is 0.663. The Kier molecular flexibility index (Phi) is 5.01. The molecule has 1 heterocycles. The first-order valence-electron chi connectivity index (χ1n) is 6.29. The Morgan fingerprint density at radius 3 is 2.47 bits per heavy atom. The van der Waals surface area contributed by atoms with Crippen molar-refractivity contribution in [2.75, 3.05) is 11.1 Å². The fraction of sp³-hybridized carbons (Fsp3) is 0.500. The Morgan fingerprint density at radius 2 is 1.89 bits per heavy atom. The molecule has 1 aromatic rings. The van der Waals surface area contributed by atoms with Crippen molar-refractivity contribution in [3.05, 3.63) is 27.1 Å². The van der Waals surface area contributed by atoms with Gasteiger partial charge in [0.25, 0.3) is 0 Å². The van der Waals surface area contributed by atoms with Crippen LogP contribution in [0.1, 0.15) is 27.2 Å². The molecule has 1 aromatic carbocycles. The predicted molar refractivity (Wildman–Crippen MR) is 93.2 cm³/mol. The summed E-state index contributed by atoms with van der Waals surface area (Å²) < 4.78 is 2.09. The maximum atomic E-state index is 4.86. The number of nitrogens with one attached hydrogen (secondary N) is 1. The predicted octanol–water partition coefficient (Wildman–Crippen LogP) is 5.53. The van der Waals surface area contributed by atoms with Crippen LogP contribution in [0.2, 0.25) is 0 Å². The van der Waals surface area contributed by atoms with E-state index in [1.54, 1.807) is 11.8 Å². The van der Waals surface area contributed by atoms with Crippen molar-refractivity contribution >= 4 is 54.5 Å². The van der Waals surface area contributed by atoms with Crippen LogP contribution in [0.4, 0.5) is 5.69 Å². The van der Waals surface area contributed by atoms with Crippen LogP contribution in [0.3, 0.4) is 0 Å². The topological polar surface area (TPSA) is 24.4 Å². The van der Waals surface area contributed by atoms with Crippen molar-refractivity contribution < 1.29 is 0 Å². The summed E-state index contributed by atoms with van der Waals surface area (Å²) in [5.74, 6) is 1.12. The fourth-order valence-electron chi connectivity index (χ4n) is 1.93. The number of anilines is 1. The number of hydrogen-bond donors (Lipinski definition) is 1. The number of thioether (sulfide) groups is 1. The molecule has 1 unspecified atom stereocenters. The zero-order valence-corrected chi connectivity index (χ0v) is 15.3. The van der Waals surface area contributed by atoms with Gasteiger partial charge in [0.15, 0.2) is 5.17 Å². The van der Waals surface area contributed by atoms with Crippen molar-refractivity contribution in [3.8, 4) is 0 Å². The van der Waals surface area contributed by atoms with E-state index in [2.05, 4.69) is 57.9 Å². The molecule has 0 aromatic heterocycles. The number of halogens is 2. The van der Waals surface area contributed by atoms with Crippen LogP contribution in [0.5, 0.6) is 0 Å². The summed E-state index contributed by atoms with van der Waals surface area (Å²) in [4.78, 5) is 4.86. The van der Waals surface area contributed by atoms with Gasteiger partial charge in [0.2, 0.25) is 0 Å². The average molecular weight is 406 g/mol. The lowest BCUT2D eigenvalue weighted by atomic mass is 9.85. The molecule has 0 amide bonds. The van der Waals surface area contributed by atoms with Crippen LogP contribution in [0, 0.1) is 5.41 Å². The second-order valence-corrected chi connectivity index (χ2v) is 8.47. The molecular weight excluding hydrogens is 388 g/mol. The highest BCUT2D eigenvalue weighted by molar-refractivity contribution is 9.11. The molecule has 0 fully saturated rings. The number of benzene rings is 1. The summed E-state index contributed by atoms with van der Waals surface area (Å²) in [5.41, 5.74) is 1.27. The molecule has 1 N–H and O–H groups in total. The summed E-state index contributed by atoms with van der Waals surface area (Å²) in [6.07, 6.45) is 1.15. The number of hydrogen-bond acceptors (Lipinski definition) is 3. The lowest BCUT2D eigenvalue weighted by molar-refractivity contribution is 0.316. The maximum absolute atomic E-state index is 4.86. The number of amidine groups is 1.